The molecule has 1 saturated heterocycles. The van der Waals surface area contributed by atoms with Gasteiger partial charge in [-0.2, -0.15) is 0 Å². The molecular weight excluding hydrogens is 302 g/mol. The van der Waals surface area contributed by atoms with E-state index < -0.39 is 0 Å². The van der Waals surface area contributed by atoms with Crippen molar-refractivity contribution in [2.24, 2.45) is 5.92 Å². The molecule has 1 fully saturated rings. The molecule has 0 aromatic carbocycles. The van der Waals surface area contributed by atoms with Crippen molar-refractivity contribution in [3.8, 4) is 0 Å². The number of aromatic nitrogens is 1. The Bertz CT molecular complexity index is 601. The number of amides is 1. The number of hydrogen-bond donors (Lipinski definition) is 1. The molecule has 0 saturated carbocycles. The number of hydrogen-bond acceptors (Lipinski definition) is 3. The molecule has 0 radical (unpaired) electrons. The van der Waals surface area contributed by atoms with Crippen LogP contribution < -0.4 is 10.9 Å². The number of carbonyl (C=O) groups is 1. The summed E-state index contributed by atoms with van der Waals surface area (Å²) in [5, 5.41) is 2.92. The van der Waals surface area contributed by atoms with Gasteiger partial charge in [0.1, 0.15) is 5.56 Å². The fourth-order valence-electron chi connectivity index (χ4n) is 3.11. The molecule has 5 heteroatoms. The van der Waals surface area contributed by atoms with Crippen LogP contribution in [0.15, 0.2) is 17.1 Å². The Hall–Kier alpha value is -1.62. The van der Waals surface area contributed by atoms with Crippen molar-refractivity contribution in [3.05, 3.63) is 33.7 Å². The summed E-state index contributed by atoms with van der Waals surface area (Å²) in [6.07, 6.45) is 6.22. The predicted molar refractivity (Wildman–Crippen MR) is 97.5 cm³/mol. The zero-order valence-electron chi connectivity index (χ0n) is 15.3. The van der Waals surface area contributed by atoms with Gasteiger partial charge < -0.3 is 14.8 Å². The van der Waals surface area contributed by atoms with Crippen molar-refractivity contribution in [1.82, 2.24) is 14.8 Å². The average molecular weight is 333 g/mol. The second-order valence-corrected chi connectivity index (χ2v) is 7.21. The van der Waals surface area contributed by atoms with E-state index in [-0.39, 0.29) is 11.5 Å². The SMILES string of the molecule is Cc1ccn(CCC(C)C)c(=O)c1C(=O)NCCCN1CCCC1. The molecule has 0 aliphatic carbocycles. The summed E-state index contributed by atoms with van der Waals surface area (Å²) in [7, 11) is 0. The summed E-state index contributed by atoms with van der Waals surface area (Å²) in [5.41, 5.74) is 0.868. The third-order valence-electron chi connectivity index (χ3n) is 4.68. The summed E-state index contributed by atoms with van der Waals surface area (Å²) in [5.74, 6) is 0.291. The highest BCUT2D eigenvalue weighted by molar-refractivity contribution is 5.95. The minimum absolute atomic E-state index is 0.173. The Morgan fingerprint density at radius 1 is 1.25 bits per heavy atom. The Labute approximate surface area is 145 Å². The van der Waals surface area contributed by atoms with Crippen LogP contribution in [0, 0.1) is 12.8 Å². The molecule has 1 amide bonds. The third-order valence-corrected chi connectivity index (χ3v) is 4.68. The number of likely N-dealkylation sites (tertiary alicyclic amines) is 1. The van der Waals surface area contributed by atoms with Gasteiger partial charge in [0, 0.05) is 19.3 Å². The first kappa shape index (κ1) is 18.7. The molecule has 5 nitrogen and oxygen atoms in total. The molecule has 24 heavy (non-hydrogen) atoms. The zero-order chi connectivity index (χ0) is 17.5. The standard InChI is InChI=1S/C19H31N3O2/c1-15(2)7-13-22-14-8-16(3)17(19(22)24)18(23)20-9-6-12-21-10-4-5-11-21/h8,14-15H,4-7,9-13H2,1-3H3,(H,20,23). The fraction of sp³-hybridized carbons (Fsp3) is 0.684. The first-order chi connectivity index (χ1) is 11.5. The van der Waals surface area contributed by atoms with Gasteiger partial charge in [-0.3, -0.25) is 9.59 Å². The molecule has 1 aliphatic heterocycles. The van der Waals surface area contributed by atoms with Crippen LogP contribution in [0.4, 0.5) is 0 Å². The number of nitrogens with zero attached hydrogens (tertiary/aromatic N) is 2. The monoisotopic (exact) mass is 333 g/mol. The fourth-order valence-corrected chi connectivity index (χ4v) is 3.11. The smallest absolute Gasteiger partial charge is 0.263 e. The second kappa shape index (κ2) is 9.02. The summed E-state index contributed by atoms with van der Waals surface area (Å²) < 4.78 is 1.66. The summed E-state index contributed by atoms with van der Waals surface area (Å²) in [6, 6.07) is 1.86. The Kier molecular flexibility index (Phi) is 7.03. The van der Waals surface area contributed by atoms with Crippen LogP contribution in [-0.2, 0) is 6.54 Å². The first-order valence-corrected chi connectivity index (χ1v) is 9.19. The third kappa shape index (κ3) is 5.20. The number of carbonyl (C=O) groups excluding carboxylic acids is 1. The Morgan fingerprint density at radius 3 is 2.62 bits per heavy atom. The van der Waals surface area contributed by atoms with E-state index in [1.165, 1.54) is 25.9 Å². The lowest BCUT2D eigenvalue weighted by Gasteiger charge is -2.15. The normalized spacial score (nSPS) is 15.2. The van der Waals surface area contributed by atoms with Crippen molar-refractivity contribution in [2.75, 3.05) is 26.2 Å². The van der Waals surface area contributed by atoms with Crippen molar-refractivity contribution in [3.63, 3.8) is 0 Å². The van der Waals surface area contributed by atoms with E-state index in [9.17, 15) is 9.59 Å². The number of pyridine rings is 1. The van der Waals surface area contributed by atoms with E-state index in [1.54, 1.807) is 10.8 Å². The Morgan fingerprint density at radius 2 is 1.96 bits per heavy atom. The summed E-state index contributed by atoms with van der Waals surface area (Å²) >= 11 is 0. The maximum absolute atomic E-state index is 12.6. The highest BCUT2D eigenvalue weighted by atomic mass is 16.2. The minimum Gasteiger partial charge on any atom is -0.352 e. The lowest BCUT2D eigenvalue weighted by molar-refractivity contribution is 0.0949. The number of aryl methyl sites for hydroxylation is 2. The van der Waals surface area contributed by atoms with Crippen LogP contribution in [0.2, 0.25) is 0 Å². The van der Waals surface area contributed by atoms with E-state index in [4.69, 9.17) is 0 Å². The van der Waals surface area contributed by atoms with Crippen molar-refractivity contribution in [2.45, 2.75) is 53.0 Å². The predicted octanol–water partition coefficient (Wildman–Crippen LogP) is 2.42. The van der Waals surface area contributed by atoms with Gasteiger partial charge in [-0.25, -0.2) is 0 Å². The molecule has 0 unspecified atom stereocenters. The van der Waals surface area contributed by atoms with Crippen LogP contribution in [0.25, 0.3) is 0 Å². The van der Waals surface area contributed by atoms with Gasteiger partial charge in [0.25, 0.3) is 11.5 Å². The molecule has 1 aliphatic rings. The first-order valence-electron chi connectivity index (χ1n) is 9.19. The highest BCUT2D eigenvalue weighted by Crippen LogP contribution is 2.08. The average Bonchev–Trinajstić information content (AvgIpc) is 3.04. The van der Waals surface area contributed by atoms with Crippen LogP contribution in [0.1, 0.15) is 55.5 Å². The van der Waals surface area contributed by atoms with Gasteiger partial charge in [0.05, 0.1) is 0 Å². The van der Waals surface area contributed by atoms with Gasteiger partial charge in [0.2, 0.25) is 0 Å². The molecule has 0 spiro atoms. The zero-order valence-corrected chi connectivity index (χ0v) is 15.3. The van der Waals surface area contributed by atoms with E-state index >= 15 is 0 Å². The molecule has 0 bridgehead atoms. The second-order valence-electron chi connectivity index (χ2n) is 7.21. The van der Waals surface area contributed by atoms with Gasteiger partial charge in [-0.05, 0) is 69.8 Å². The molecule has 0 atom stereocenters. The van der Waals surface area contributed by atoms with Gasteiger partial charge in [-0.15, -0.1) is 0 Å². The van der Waals surface area contributed by atoms with E-state index in [1.807, 2.05) is 13.0 Å². The molecule has 2 rings (SSSR count). The van der Waals surface area contributed by atoms with E-state index in [0.717, 1.165) is 24.9 Å². The van der Waals surface area contributed by atoms with Crippen molar-refractivity contribution in [1.29, 1.82) is 0 Å². The topological polar surface area (TPSA) is 54.3 Å². The van der Waals surface area contributed by atoms with E-state index in [2.05, 4.69) is 24.1 Å². The lowest BCUT2D eigenvalue weighted by atomic mass is 10.1. The summed E-state index contributed by atoms with van der Waals surface area (Å²) in [6.45, 7) is 10.7. The largest absolute Gasteiger partial charge is 0.352 e. The maximum Gasteiger partial charge on any atom is 0.263 e. The Balaban J connectivity index is 1.92. The minimum atomic E-state index is -0.238. The summed E-state index contributed by atoms with van der Waals surface area (Å²) in [4.78, 5) is 27.4. The van der Waals surface area contributed by atoms with Crippen LogP contribution in [0.5, 0.6) is 0 Å². The van der Waals surface area contributed by atoms with Gasteiger partial charge in [-0.1, -0.05) is 13.8 Å². The van der Waals surface area contributed by atoms with Crippen molar-refractivity contribution >= 4 is 5.91 Å². The highest BCUT2D eigenvalue weighted by Gasteiger charge is 2.16. The van der Waals surface area contributed by atoms with Gasteiger partial charge in [0.15, 0.2) is 0 Å². The molecule has 1 N–H and O–H groups in total. The number of rotatable bonds is 8. The molecule has 1 aromatic heterocycles. The van der Waals surface area contributed by atoms with Crippen LogP contribution >= 0.6 is 0 Å². The number of nitrogens with one attached hydrogen (secondary N) is 1. The molecule has 134 valence electrons. The van der Waals surface area contributed by atoms with E-state index in [0.29, 0.717) is 24.6 Å². The van der Waals surface area contributed by atoms with Crippen LogP contribution in [0.3, 0.4) is 0 Å². The molecular formula is C19H31N3O2. The van der Waals surface area contributed by atoms with Crippen molar-refractivity contribution < 1.29 is 4.79 Å². The van der Waals surface area contributed by atoms with Gasteiger partial charge >= 0.3 is 0 Å². The van der Waals surface area contributed by atoms with Crippen LogP contribution in [-0.4, -0.2) is 41.6 Å². The molecule has 1 aromatic rings. The molecule has 2 heterocycles. The maximum atomic E-state index is 12.6. The quantitative estimate of drug-likeness (QED) is 0.743. The lowest BCUT2D eigenvalue weighted by Crippen LogP contribution is -2.35.